The molecule has 0 saturated carbocycles. The maximum absolute atomic E-state index is 12.8. The van der Waals surface area contributed by atoms with Crippen molar-refractivity contribution in [2.75, 3.05) is 24.5 Å². The van der Waals surface area contributed by atoms with Gasteiger partial charge in [0.15, 0.2) is 0 Å². The molecule has 23 heavy (non-hydrogen) atoms. The zero-order valence-corrected chi connectivity index (χ0v) is 14.5. The smallest absolute Gasteiger partial charge is 0.242 e. The van der Waals surface area contributed by atoms with Crippen LogP contribution in [0.3, 0.4) is 0 Å². The third-order valence-electron chi connectivity index (χ3n) is 4.95. The highest BCUT2D eigenvalue weighted by molar-refractivity contribution is 6.31. The Morgan fingerprint density at radius 3 is 2.48 bits per heavy atom. The fraction of sp³-hybridized carbons (Fsp3) is 0.556. The van der Waals surface area contributed by atoms with E-state index in [0.717, 1.165) is 37.2 Å². The number of rotatable bonds is 2. The highest BCUT2D eigenvalue weighted by atomic mass is 35.5. The largest absolute Gasteiger partial charge is 0.341 e. The number of benzene rings is 1. The molecule has 0 N–H and O–H groups in total. The lowest BCUT2D eigenvalue weighted by molar-refractivity contribution is -0.131. The van der Waals surface area contributed by atoms with E-state index in [1.54, 1.807) is 11.0 Å². The van der Waals surface area contributed by atoms with Crippen LogP contribution in [0.15, 0.2) is 18.2 Å². The van der Waals surface area contributed by atoms with Crippen molar-refractivity contribution >= 4 is 29.1 Å². The summed E-state index contributed by atoms with van der Waals surface area (Å²) in [4.78, 5) is 29.0. The Morgan fingerprint density at radius 1 is 1.17 bits per heavy atom. The molecule has 124 valence electrons. The van der Waals surface area contributed by atoms with Crippen LogP contribution >= 0.6 is 11.6 Å². The summed E-state index contributed by atoms with van der Waals surface area (Å²) in [6.07, 6.45) is 4.47. The molecule has 4 nitrogen and oxygen atoms in total. The van der Waals surface area contributed by atoms with Gasteiger partial charge >= 0.3 is 0 Å². The van der Waals surface area contributed by atoms with E-state index in [0.29, 0.717) is 5.02 Å². The van der Waals surface area contributed by atoms with Crippen molar-refractivity contribution in [3.63, 3.8) is 0 Å². The SMILES string of the molecule is CC1(C)C(=O)N(CC(=O)N2CCCCCC2)c2ccc(Cl)cc21. The van der Waals surface area contributed by atoms with Gasteiger partial charge in [-0.15, -0.1) is 0 Å². The molecular formula is C18H23ClN2O2. The predicted octanol–water partition coefficient (Wildman–Crippen LogP) is 3.37. The molecule has 0 aromatic heterocycles. The highest BCUT2D eigenvalue weighted by Crippen LogP contribution is 2.42. The van der Waals surface area contributed by atoms with Crippen LogP contribution in [-0.2, 0) is 15.0 Å². The average molecular weight is 335 g/mol. The Hall–Kier alpha value is -1.55. The monoisotopic (exact) mass is 334 g/mol. The Kier molecular flexibility index (Phi) is 4.37. The average Bonchev–Trinajstić information content (AvgIpc) is 2.75. The zero-order valence-electron chi connectivity index (χ0n) is 13.8. The van der Waals surface area contributed by atoms with Gasteiger partial charge in [0.05, 0.1) is 5.41 Å². The molecule has 0 aliphatic carbocycles. The molecule has 0 atom stereocenters. The molecule has 1 saturated heterocycles. The summed E-state index contributed by atoms with van der Waals surface area (Å²) < 4.78 is 0. The van der Waals surface area contributed by atoms with E-state index in [-0.39, 0.29) is 18.4 Å². The Bertz CT molecular complexity index is 634. The van der Waals surface area contributed by atoms with Crippen molar-refractivity contribution in [3.05, 3.63) is 28.8 Å². The molecule has 5 heteroatoms. The van der Waals surface area contributed by atoms with Crippen molar-refractivity contribution < 1.29 is 9.59 Å². The minimum atomic E-state index is -0.640. The molecular weight excluding hydrogens is 312 g/mol. The van der Waals surface area contributed by atoms with E-state index in [1.807, 2.05) is 30.9 Å². The van der Waals surface area contributed by atoms with Crippen molar-refractivity contribution in [1.82, 2.24) is 4.90 Å². The molecule has 1 fully saturated rings. The summed E-state index contributed by atoms with van der Waals surface area (Å²) in [5.41, 5.74) is 1.07. The van der Waals surface area contributed by atoms with Gasteiger partial charge in [-0.25, -0.2) is 0 Å². The zero-order chi connectivity index (χ0) is 16.6. The first-order chi connectivity index (χ1) is 10.9. The van der Waals surface area contributed by atoms with Gasteiger partial charge in [-0.05, 0) is 50.5 Å². The maximum Gasteiger partial charge on any atom is 0.242 e. The highest BCUT2D eigenvalue weighted by Gasteiger charge is 2.44. The van der Waals surface area contributed by atoms with Gasteiger partial charge in [-0.2, -0.15) is 0 Å². The second kappa shape index (κ2) is 6.16. The molecule has 3 rings (SSSR count). The molecule has 2 heterocycles. The third-order valence-corrected chi connectivity index (χ3v) is 5.19. The first kappa shape index (κ1) is 16.3. The quantitative estimate of drug-likeness (QED) is 0.832. The lowest BCUT2D eigenvalue weighted by atomic mass is 9.86. The molecule has 1 aromatic carbocycles. The van der Waals surface area contributed by atoms with Crippen LogP contribution < -0.4 is 4.90 Å². The summed E-state index contributed by atoms with van der Waals surface area (Å²) in [5, 5.41) is 0.616. The van der Waals surface area contributed by atoms with E-state index in [4.69, 9.17) is 11.6 Å². The van der Waals surface area contributed by atoms with Crippen molar-refractivity contribution in [1.29, 1.82) is 0 Å². The van der Waals surface area contributed by atoms with Crippen molar-refractivity contribution in [2.45, 2.75) is 44.9 Å². The Morgan fingerprint density at radius 2 is 1.83 bits per heavy atom. The fourth-order valence-electron chi connectivity index (χ4n) is 3.52. The Balaban J connectivity index is 1.83. The van der Waals surface area contributed by atoms with Crippen LogP contribution in [0, 0.1) is 0 Å². The van der Waals surface area contributed by atoms with Gasteiger partial charge in [-0.1, -0.05) is 24.4 Å². The number of amides is 2. The van der Waals surface area contributed by atoms with E-state index in [2.05, 4.69) is 0 Å². The van der Waals surface area contributed by atoms with Crippen LogP contribution in [0.2, 0.25) is 5.02 Å². The van der Waals surface area contributed by atoms with Gasteiger partial charge in [0.1, 0.15) is 6.54 Å². The van der Waals surface area contributed by atoms with Gasteiger partial charge in [0.25, 0.3) is 0 Å². The number of likely N-dealkylation sites (tertiary alicyclic amines) is 1. The third kappa shape index (κ3) is 2.97. The minimum absolute atomic E-state index is 0.0297. The maximum atomic E-state index is 12.8. The fourth-order valence-corrected chi connectivity index (χ4v) is 3.69. The molecule has 2 aliphatic rings. The minimum Gasteiger partial charge on any atom is -0.341 e. The second-order valence-electron chi connectivity index (χ2n) is 6.97. The normalized spacial score (nSPS) is 20.4. The van der Waals surface area contributed by atoms with E-state index < -0.39 is 5.41 Å². The molecule has 1 aromatic rings. The first-order valence-electron chi connectivity index (χ1n) is 8.31. The van der Waals surface area contributed by atoms with Crippen LogP contribution in [0.25, 0.3) is 0 Å². The summed E-state index contributed by atoms with van der Waals surface area (Å²) in [7, 11) is 0. The van der Waals surface area contributed by atoms with E-state index in [9.17, 15) is 9.59 Å². The predicted molar refractivity (Wildman–Crippen MR) is 91.9 cm³/mol. The van der Waals surface area contributed by atoms with E-state index in [1.165, 1.54) is 12.8 Å². The van der Waals surface area contributed by atoms with E-state index >= 15 is 0 Å². The van der Waals surface area contributed by atoms with Crippen molar-refractivity contribution in [3.8, 4) is 0 Å². The number of carbonyl (C=O) groups is 2. The number of hydrogen-bond donors (Lipinski definition) is 0. The summed E-state index contributed by atoms with van der Waals surface area (Å²) >= 11 is 6.09. The number of nitrogens with zero attached hydrogens (tertiary/aromatic N) is 2. The van der Waals surface area contributed by atoms with Crippen LogP contribution in [0.4, 0.5) is 5.69 Å². The van der Waals surface area contributed by atoms with Crippen LogP contribution in [0.5, 0.6) is 0 Å². The standard InChI is InChI=1S/C18H23ClN2O2/c1-18(2)14-11-13(19)7-8-15(14)21(17(18)23)12-16(22)20-9-5-3-4-6-10-20/h7-8,11H,3-6,9-10,12H2,1-2H3. The number of hydrogen-bond acceptors (Lipinski definition) is 2. The molecule has 2 aliphatic heterocycles. The van der Waals surface area contributed by atoms with Crippen molar-refractivity contribution in [2.24, 2.45) is 0 Å². The first-order valence-corrected chi connectivity index (χ1v) is 8.69. The second-order valence-corrected chi connectivity index (χ2v) is 7.41. The van der Waals surface area contributed by atoms with Gasteiger partial charge in [-0.3, -0.25) is 9.59 Å². The molecule has 0 unspecified atom stereocenters. The molecule has 2 amide bonds. The summed E-state index contributed by atoms with van der Waals surface area (Å²) in [6.45, 7) is 5.51. The molecule has 0 bridgehead atoms. The summed E-state index contributed by atoms with van der Waals surface area (Å²) in [5.74, 6) is 0.0109. The number of anilines is 1. The Labute approximate surface area is 142 Å². The molecule has 0 radical (unpaired) electrons. The molecule has 0 spiro atoms. The summed E-state index contributed by atoms with van der Waals surface area (Å²) in [6, 6.07) is 5.46. The number of fused-ring (bicyclic) bond motifs is 1. The van der Waals surface area contributed by atoms with Gasteiger partial charge in [0.2, 0.25) is 11.8 Å². The lowest BCUT2D eigenvalue weighted by Gasteiger charge is -2.25. The van der Waals surface area contributed by atoms with Crippen LogP contribution in [0.1, 0.15) is 45.1 Å². The number of carbonyl (C=O) groups excluding carboxylic acids is 2. The topological polar surface area (TPSA) is 40.6 Å². The van der Waals surface area contributed by atoms with Gasteiger partial charge < -0.3 is 9.80 Å². The van der Waals surface area contributed by atoms with Gasteiger partial charge in [0, 0.05) is 23.8 Å². The van der Waals surface area contributed by atoms with Crippen LogP contribution in [-0.4, -0.2) is 36.3 Å². The number of halogens is 1. The lowest BCUT2D eigenvalue weighted by Crippen LogP contribution is -2.44.